The van der Waals surface area contributed by atoms with Crippen molar-refractivity contribution in [3.05, 3.63) is 21.9 Å². The zero-order valence-electron chi connectivity index (χ0n) is 12.5. The first-order chi connectivity index (χ1) is 10.6. The molecule has 2 aliphatic rings. The van der Waals surface area contributed by atoms with Crippen molar-refractivity contribution in [1.82, 2.24) is 15.1 Å². The number of amides is 4. The number of nitrogens with zero attached hydrogens (tertiary/aromatic N) is 2. The van der Waals surface area contributed by atoms with Gasteiger partial charge in [-0.1, -0.05) is 0 Å². The second-order valence-electron chi connectivity index (χ2n) is 5.73. The van der Waals surface area contributed by atoms with Crippen molar-refractivity contribution in [3.8, 4) is 0 Å². The Hall–Kier alpha value is -1.89. The monoisotopic (exact) mass is 321 g/mol. The third-order valence-corrected chi connectivity index (χ3v) is 5.38. The van der Waals surface area contributed by atoms with Crippen LogP contribution in [0, 0.1) is 6.92 Å². The average molecular weight is 321 g/mol. The number of nitrogens with one attached hydrogen (secondary N) is 1. The first-order valence-corrected chi connectivity index (χ1v) is 8.35. The highest BCUT2D eigenvalue weighted by Crippen LogP contribution is 2.21. The molecule has 2 fully saturated rings. The van der Waals surface area contributed by atoms with Crippen molar-refractivity contribution in [3.63, 3.8) is 0 Å². The van der Waals surface area contributed by atoms with E-state index in [1.165, 1.54) is 15.3 Å². The second kappa shape index (κ2) is 6.08. The van der Waals surface area contributed by atoms with Gasteiger partial charge in [0.25, 0.3) is 0 Å². The van der Waals surface area contributed by atoms with Gasteiger partial charge in [-0.25, -0.2) is 4.79 Å². The summed E-state index contributed by atoms with van der Waals surface area (Å²) in [5, 5.41) is 4.57. The van der Waals surface area contributed by atoms with E-state index in [2.05, 4.69) is 18.3 Å². The number of rotatable bonds is 4. The van der Waals surface area contributed by atoms with E-state index < -0.39 is 0 Å². The summed E-state index contributed by atoms with van der Waals surface area (Å²) in [5.41, 5.74) is 1.23. The number of aryl methyl sites for hydroxylation is 2. The third kappa shape index (κ3) is 2.85. The van der Waals surface area contributed by atoms with Gasteiger partial charge in [-0.15, -0.1) is 11.3 Å². The van der Waals surface area contributed by atoms with Gasteiger partial charge in [0.2, 0.25) is 11.8 Å². The molecule has 22 heavy (non-hydrogen) atoms. The zero-order chi connectivity index (χ0) is 15.7. The summed E-state index contributed by atoms with van der Waals surface area (Å²) in [4.78, 5) is 40.0. The van der Waals surface area contributed by atoms with Crippen LogP contribution in [0.4, 0.5) is 4.79 Å². The van der Waals surface area contributed by atoms with Crippen LogP contribution in [0.5, 0.6) is 0 Å². The van der Waals surface area contributed by atoms with E-state index in [0.29, 0.717) is 25.9 Å². The molecule has 6 nitrogen and oxygen atoms in total. The summed E-state index contributed by atoms with van der Waals surface area (Å²) in [7, 11) is 0. The van der Waals surface area contributed by atoms with Crippen LogP contribution in [-0.2, 0) is 16.0 Å². The molecule has 0 bridgehead atoms. The molecule has 3 heterocycles. The van der Waals surface area contributed by atoms with Crippen LogP contribution in [0.25, 0.3) is 0 Å². The van der Waals surface area contributed by atoms with Gasteiger partial charge in [0.05, 0.1) is 12.6 Å². The van der Waals surface area contributed by atoms with E-state index in [1.807, 2.05) is 5.38 Å². The van der Waals surface area contributed by atoms with Crippen molar-refractivity contribution in [1.29, 1.82) is 0 Å². The Morgan fingerprint density at radius 1 is 1.45 bits per heavy atom. The van der Waals surface area contributed by atoms with Crippen LogP contribution < -0.4 is 5.32 Å². The Kier molecular flexibility index (Phi) is 4.15. The Morgan fingerprint density at radius 2 is 2.27 bits per heavy atom. The van der Waals surface area contributed by atoms with Crippen molar-refractivity contribution >= 4 is 29.2 Å². The standard InChI is InChI=1S/C15H19N3O3S/c1-10-5-7-22-12(10)2-3-13(19)17-6-4-11(9-17)18-14(20)8-16-15(18)21/h5,7,11H,2-4,6,8-9H2,1H3,(H,16,21). The maximum Gasteiger partial charge on any atom is 0.324 e. The predicted molar refractivity (Wildman–Crippen MR) is 82.6 cm³/mol. The van der Waals surface area contributed by atoms with E-state index in [1.54, 1.807) is 16.2 Å². The zero-order valence-corrected chi connectivity index (χ0v) is 13.3. The number of imide groups is 1. The molecule has 1 aromatic heterocycles. The minimum Gasteiger partial charge on any atom is -0.341 e. The van der Waals surface area contributed by atoms with Crippen molar-refractivity contribution in [2.75, 3.05) is 19.6 Å². The fourth-order valence-electron chi connectivity index (χ4n) is 3.02. The summed E-state index contributed by atoms with van der Waals surface area (Å²) in [6, 6.07) is 1.55. The lowest BCUT2D eigenvalue weighted by atomic mass is 10.2. The Morgan fingerprint density at radius 3 is 2.91 bits per heavy atom. The number of carbonyl (C=O) groups is 3. The lowest BCUT2D eigenvalue weighted by Gasteiger charge is -2.21. The Bertz CT molecular complexity index is 597. The lowest BCUT2D eigenvalue weighted by molar-refractivity contribution is -0.131. The Labute approximate surface area is 133 Å². The number of likely N-dealkylation sites (tertiary alicyclic amines) is 1. The molecule has 118 valence electrons. The smallest absolute Gasteiger partial charge is 0.324 e. The van der Waals surface area contributed by atoms with E-state index >= 15 is 0 Å². The predicted octanol–water partition coefficient (Wildman–Crippen LogP) is 1.14. The number of thiophene rings is 1. The van der Waals surface area contributed by atoms with E-state index in [9.17, 15) is 14.4 Å². The summed E-state index contributed by atoms with van der Waals surface area (Å²) in [6.45, 7) is 3.20. The van der Waals surface area contributed by atoms with Gasteiger partial charge in [-0.05, 0) is 36.8 Å². The first kappa shape index (κ1) is 15.0. The first-order valence-electron chi connectivity index (χ1n) is 7.47. The molecular weight excluding hydrogens is 302 g/mol. The van der Waals surface area contributed by atoms with Gasteiger partial charge in [0.1, 0.15) is 0 Å². The third-order valence-electron chi connectivity index (χ3n) is 4.29. The maximum absolute atomic E-state index is 12.3. The van der Waals surface area contributed by atoms with Gasteiger partial charge in [-0.3, -0.25) is 14.5 Å². The molecule has 0 saturated carbocycles. The SMILES string of the molecule is Cc1ccsc1CCC(=O)N1CCC(N2C(=O)CNC2=O)C1. The molecule has 0 spiro atoms. The molecule has 0 radical (unpaired) electrons. The number of hydrogen-bond acceptors (Lipinski definition) is 4. The van der Waals surface area contributed by atoms with Crippen LogP contribution in [0.1, 0.15) is 23.3 Å². The fraction of sp³-hybridized carbons (Fsp3) is 0.533. The van der Waals surface area contributed by atoms with Gasteiger partial charge >= 0.3 is 6.03 Å². The average Bonchev–Trinajstić information content (AvgIpc) is 3.18. The minimum absolute atomic E-state index is 0.0704. The van der Waals surface area contributed by atoms with Crippen LogP contribution in [0.3, 0.4) is 0 Å². The fourth-order valence-corrected chi connectivity index (χ4v) is 3.93. The van der Waals surface area contributed by atoms with Gasteiger partial charge in [0, 0.05) is 24.4 Å². The van der Waals surface area contributed by atoms with Crippen LogP contribution in [0.15, 0.2) is 11.4 Å². The molecule has 4 amide bonds. The highest BCUT2D eigenvalue weighted by molar-refractivity contribution is 7.10. The topological polar surface area (TPSA) is 69.7 Å². The number of urea groups is 1. The van der Waals surface area contributed by atoms with Crippen molar-refractivity contribution in [2.45, 2.75) is 32.2 Å². The molecular formula is C15H19N3O3S. The number of carbonyl (C=O) groups excluding carboxylic acids is 3. The largest absolute Gasteiger partial charge is 0.341 e. The van der Waals surface area contributed by atoms with Gasteiger partial charge in [-0.2, -0.15) is 0 Å². The Balaban J connectivity index is 1.54. The summed E-state index contributed by atoms with van der Waals surface area (Å²) in [5.74, 6) is -0.0964. The highest BCUT2D eigenvalue weighted by Gasteiger charge is 2.39. The van der Waals surface area contributed by atoms with Gasteiger partial charge in [0.15, 0.2) is 0 Å². The van der Waals surface area contributed by atoms with Crippen LogP contribution >= 0.6 is 11.3 Å². The summed E-state index contributed by atoms with van der Waals surface area (Å²) in [6.07, 6.45) is 1.91. The molecule has 3 rings (SSSR count). The molecule has 2 aliphatic heterocycles. The molecule has 0 aliphatic carbocycles. The minimum atomic E-state index is -0.335. The molecule has 1 N–H and O–H groups in total. The van der Waals surface area contributed by atoms with E-state index in [-0.39, 0.29) is 30.4 Å². The van der Waals surface area contributed by atoms with Crippen molar-refractivity contribution in [2.24, 2.45) is 0 Å². The van der Waals surface area contributed by atoms with Crippen molar-refractivity contribution < 1.29 is 14.4 Å². The van der Waals surface area contributed by atoms with Gasteiger partial charge < -0.3 is 10.2 Å². The molecule has 1 aromatic rings. The normalized spacial score (nSPS) is 21.6. The van der Waals surface area contributed by atoms with Crippen LogP contribution in [-0.4, -0.2) is 53.3 Å². The van der Waals surface area contributed by atoms with E-state index in [4.69, 9.17) is 0 Å². The lowest BCUT2D eigenvalue weighted by Crippen LogP contribution is -2.42. The van der Waals surface area contributed by atoms with E-state index in [0.717, 1.165) is 6.42 Å². The number of hydrogen-bond donors (Lipinski definition) is 1. The molecule has 1 atom stereocenters. The summed E-state index contributed by atoms with van der Waals surface area (Å²) >= 11 is 1.68. The highest BCUT2D eigenvalue weighted by atomic mass is 32.1. The molecule has 1 unspecified atom stereocenters. The van der Waals surface area contributed by atoms with Crippen LogP contribution in [0.2, 0.25) is 0 Å². The molecule has 2 saturated heterocycles. The quantitative estimate of drug-likeness (QED) is 0.846. The second-order valence-corrected chi connectivity index (χ2v) is 6.73. The molecule has 0 aromatic carbocycles. The maximum atomic E-state index is 12.3. The summed E-state index contributed by atoms with van der Waals surface area (Å²) < 4.78 is 0. The molecule has 7 heteroatoms.